The molecule has 0 saturated heterocycles. The number of aromatic nitrogens is 1. The number of rotatable bonds is 5. The fraction of sp³-hybridized carbons (Fsp3) is 0.312. The van der Waals surface area contributed by atoms with Crippen LogP contribution < -0.4 is 10.6 Å². The van der Waals surface area contributed by atoms with Crippen molar-refractivity contribution in [2.45, 2.75) is 26.7 Å². The summed E-state index contributed by atoms with van der Waals surface area (Å²) in [5.41, 5.74) is 2.70. The number of hydrogen-bond donors (Lipinski definition) is 2. The van der Waals surface area contributed by atoms with Crippen LogP contribution in [0.25, 0.3) is 0 Å². The van der Waals surface area contributed by atoms with Gasteiger partial charge in [0.1, 0.15) is 5.76 Å². The zero-order valence-electron chi connectivity index (χ0n) is 12.9. The van der Waals surface area contributed by atoms with Crippen molar-refractivity contribution in [1.82, 2.24) is 10.5 Å². The highest BCUT2D eigenvalue weighted by molar-refractivity contribution is 6.03. The first-order chi connectivity index (χ1) is 10.5. The fourth-order valence-corrected chi connectivity index (χ4v) is 2.23. The second-order valence-corrected chi connectivity index (χ2v) is 4.98. The second kappa shape index (κ2) is 6.89. The van der Waals surface area contributed by atoms with Gasteiger partial charge in [0, 0.05) is 19.0 Å². The van der Waals surface area contributed by atoms with E-state index in [1.807, 2.05) is 13.8 Å². The van der Waals surface area contributed by atoms with Gasteiger partial charge in [0.25, 0.3) is 5.91 Å². The van der Waals surface area contributed by atoms with Crippen molar-refractivity contribution >= 4 is 17.5 Å². The van der Waals surface area contributed by atoms with E-state index in [-0.39, 0.29) is 11.8 Å². The molecule has 0 fully saturated rings. The Hall–Kier alpha value is -2.63. The number of para-hydroxylation sites is 1. The normalized spacial score (nSPS) is 10.3. The third-order valence-corrected chi connectivity index (χ3v) is 3.46. The lowest BCUT2D eigenvalue weighted by molar-refractivity contribution is -0.116. The summed E-state index contributed by atoms with van der Waals surface area (Å²) in [5, 5.41) is 9.20. The largest absolute Gasteiger partial charge is 0.361 e. The maximum atomic E-state index is 12.1. The Morgan fingerprint density at radius 3 is 2.59 bits per heavy atom. The minimum absolute atomic E-state index is 0.156. The molecule has 6 heteroatoms. The Morgan fingerprint density at radius 2 is 1.95 bits per heavy atom. The molecule has 2 aromatic rings. The number of aryl methyl sites for hydroxylation is 2. The third kappa shape index (κ3) is 3.52. The van der Waals surface area contributed by atoms with Crippen LogP contribution in [0.5, 0.6) is 0 Å². The first-order valence-corrected chi connectivity index (χ1v) is 7.05. The molecular formula is C16H19N3O3. The van der Waals surface area contributed by atoms with E-state index in [1.165, 1.54) is 0 Å². The predicted octanol–water partition coefficient (Wildman–Crippen LogP) is 2.22. The van der Waals surface area contributed by atoms with Crippen molar-refractivity contribution in [2.24, 2.45) is 0 Å². The van der Waals surface area contributed by atoms with E-state index >= 15 is 0 Å². The molecule has 6 nitrogen and oxygen atoms in total. The van der Waals surface area contributed by atoms with Gasteiger partial charge in [-0.25, -0.2) is 0 Å². The van der Waals surface area contributed by atoms with Crippen LogP contribution in [0.3, 0.4) is 0 Å². The Morgan fingerprint density at radius 1 is 1.23 bits per heavy atom. The molecule has 0 unspecified atom stereocenters. The predicted molar refractivity (Wildman–Crippen MR) is 82.8 cm³/mol. The maximum absolute atomic E-state index is 12.1. The molecule has 0 bridgehead atoms. The van der Waals surface area contributed by atoms with Crippen LogP contribution >= 0.6 is 0 Å². The highest BCUT2D eigenvalue weighted by Gasteiger charge is 2.14. The molecule has 0 aliphatic carbocycles. The van der Waals surface area contributed by atoms with Crippen LogP contribution in [0, 0.1) is 13.8 Å². The van der Waals surface area contributed by atoms with Crippen LogP contribution in [-0.2, 0) is 11.2 Å². The molecule has 0 saturated carbocycles. The van der Waals surface area contributed by atoms with E-state index in [4.69, 9.17) is 4.52 Å². The van der Waals surface area contributed by atoms with Gasteiger partial charge in [-0.05, 0) is 32.4 Å². The summed E-state index contributed by atoms with van der Waals surface area (Å²) in [7, 11) is 1.55. The van der Waals surface area contributed by atoms with Crippen LogP contribution in [0.1, 0.15) is 33.8 Å². The lowest BCUT2D eigenvalue weighted by Gasteiger charge is -2.10. The Kier molecular flexibility index (Phi) is 4.93. The molecule has 1 aromatic carbocycles. The molecule has 1 aromatic heterocycles. The average Bonchev–Trinajstić information content (AvgIpc) is 2.83. The first kappa shape index (κ1) is 15.8. The highest BCUT2D eigenvalue weighted by atomic mass is 16.5. The summed E-state index contributed by atoms with van der Waals surface area (Å²) < 4.78 is 5.08. The van der Waals surface area contributed by atoms with Gasteiger partial charge >= 0.3 is 0 Å². The van der Waals surface area contributed by atoms with E-state index in [9.17, 15) is 9.59 Å². The Balaban J connectivity index is 2.02. The third-order valence-electron chi connectivity index (χ3n) is 3.46. The number of benzene rings is 1. The standard InChI is InChI=1S/C16H19N3O3/c1-10-12(11(2)22-19-10)8-9-15(20)18-14-7-5-4-6-13(14)16(21)17-3/h4-7H,8-9H2,1-3H3,(H,17,21)(H,18,20). The average molecular weight is 301 g/mol. The van der Waals surface area contributed by atoms with E-state index in [0.717, 1.165) is 17.0 Å². The number of carbonyl (C=O) groups excluding carboxylic acids is 2. The van der Waals surface area contributed by atoms with Gasteiger partial charge in [0.05, 0.1) is 16.9 Å². The molecule has 2 N–H and O–H groups in total. The topological polar surface area (TPSA) is 84.2 Å². The van der Waals surface area contributed by atoms with Crippen molar-refractivity contribution < 1.29 is 14.1 Å². The minimum Gasteiger partial charge on any atom is -0.361 e. The molecule has 0 atom stereocenters. The number of nitrogens with zero attached hydrogens (tertiary/aromatic N) is 1. The SMILES string of the molecule is CNC(=O)c1ccccc1NC(=O)CCc1c(C)noc1C. The van der Waals surface area contributed by atoms with Gasteiger partial charge in [-0.1, -0.05) is 17.3 Å². The van der Waals surface area contributed by atoms with Gasteiger partial charge < -0.3 is 15.2 Å². The molecule has 0 radical (unpaired) electrons. The maximum Gasteiger partial charge on any atom is 0.253 e. The van der Waals surface area contributed by atoms with Crippen molar-refractivity contribution in [1.29, 1.82) is 0 Å². The molecule has 2 amide bonds. The quantitative estimate of drug-likeness (QED) is 0.887. The van der Waals surface area contributed by atoms with Crippen LogP contribution in [0.2, 0.25) is 0 Å². The van der Waals surface area contributed by atoms with Crippen LogP contribution in [0.15, 0.2) is 28.8 Å². The van der Waals surface area contributed by atoms with Crippen molar-refractivity contribution in [3.05, 3.63) is 46.8 Å². The van der Waals surface area contributed by atoms with Crippen LogP contribution in [0.4, 0.5) is 5.69 Å². The molecule has 0 aliphatic rings. The summed E-state index contributed by atoms with van der Waals surface area (Å²) in [6.07, 6.45) is 0.847. The van der Waals surface area contributed by atoms with E-state index in [0.29, 0.717) is 24.1 Å². The number of amides is 2. The smallest absolute Gasteiger partial charge is 0.253 e. The zero-order chi connectivity index (χ0) is 16.1. The van der Waals surface area contributed by atoms with Gasteiger partial charge in [-0.2, -0.15) is 0 Å². The number of nitrogens with one attached hydrogen (secondary N) is 2. The minimum atomic E-state index is -0.235. The fourth-order valence-electron chi connectivity index (χ4n) is 2.23. The van der Waals surface area contributed by atoms with Gasteiger partial charge in [0.15, 0.2) is 0 Å². The zero-order valence-corrected chi connectivity index (χ0v) is 12.9. The molecule has 0 spiro atoms. The van der Waals surface area contributed by atoms with Crippen molar-refractivity contribution in [3.8, 4) is 0 Å². The van der Waals surface area contributed by atoms with Gasteiger partial charge in [-0.3, -0.25) is 9.59 Å². The summed E-state index contributed by atoms with van der Waals surface area (Å²) in [6, 6.07) is 6.90. The summed E-state index contributed by atoms with van der Waals surface area (Å²) in [6.45, 7) is 3.68. The molecule has 2 rings (SSSR count). The Labute approximate surface area is 128 Å². The van der Waals surface area contributed by atoms with E-state index in [1.54, 1.807) is 31.3 Å². The molecule has 22 heavy (non-hydrogen) atoms. The van der Waals surface area contributed by atoms with E-state index < -0.39 is 0 Å². The number of hydrogen-bond acceptors (Lipinski definition) is 4. The number of carbonyl (C=O) groups is 2. The Bertz CT molecular complexity index is 672. The van der Waals surface area contributed by atoms with Crippen LogP contribution in [-0.4, -0.2) is 24.0 Å². The van der Waals surface area contributed by atoms with Crippen molar-refractivity contribution in [2.75, 3.05) is 12.4 Å². The van der Waals surface area contributed by atoms with Gasteiger partial charge in [-0.15, -0.1) is 0 Å². The summed E-state index contributed by atoms with van der Waals surface area (Å²) in [4.78, 5) is 23.9. The molecular weight excluding hydrogens is 282 g/mol. The lowest BCUT2D eigenvalue weighted by Crippen LogP contribution is -2.21. The number of anilines is 1. The monoisotopic (exact) mass is 301 g/mol. The van der Waals surface area contributed by atoms with Crippen molar-refractivity contribution in [3.63, 3.8) is 0 Å². The van der Waals surface area contributed by atoms with Gasteiger partial charge in [0.2, 0.25) is 5.91 Å². The second-order valence-electron chi connectivity index (χ2n) is 4.98. The lowest BCUT2D eigenvalue weighted by atomic mass is 10.1. The first-order valence-electron chi connectivity index (χ1n) is 7.05. The molecule has 1 heterocycles. The van der Waals surface area contributed by atoms with E-state index in [2.05, 4.69) is 15.8 Å². The molecule has 0 aliphatic heterocycles. The highest BCUT2D eigenvalue weighted by Crippen LogP contribution is 2.17. The summed E-state index contributed by atoms with van der Waals surface area (Å²) >= 11 is 0. The molecule has 116 valence electrons. The summed E-state index contributed by atoms with van der Waals surface area (Å²) in [5.74, 6) is 0.342.